The topological polar surface area (TPSA) is 3.24 Å². The summed E-state index contributed by atoms with van der Waals surface area (Å²) in [5.74, 6) is 0.918. The Morgan fingerprint density at radius 1 is 1.50 bits per heavy atom. The lowest BCUT2D eigenvalue weighted by atomic mass is 9.47. The van der Waals surface area contributed by atoms with E-state index >= 15 is 0 Å². The summed E-state index contributed by atoms with van der Waals surface area (Å²) < 4.78 is 0. The van der Waals surface area contributed by atoms with Crippen molar-refractivity contribution in [3.8, 4) is 0 Å². The van der Waals surface area contributed by atoms with Gasteiger partial charge in [-0.1, -0.05) is 31.9 Å². The van der Waals surface area contributed by atoms with Crippen molar-refractivity contribution >= 4 is 19.9 Å². The molecule has 0 aromatic heterocycles. The normalized spacial score (nSPS) is 49.0. The van der Waals surface area contributed by atoms with Crippen LogP contribution in [-0.4, -0.2) is 30.6 Å². The molecule has 1 aliphatic heterocycles. The van der Waals surface area contributed by atoms with Gasteiger partial charge in [-0.05, 0) is 25.8 Å². The van der Waals surface area contributed by atoms with Crippen molar-refractivity contribution in [1.29, 1.82) is 0 Å². The molecule has 1 saturated heterocycles. The summed E-state index contributed by atoms with van der Waals surface area (Å²) in [5, 5.41) is 1.14. The highest BCUT2D eigenvalue weighted by Crippen LogP contribution is 2.50. The van der Waals surface area contributed by atoms with Crippen LogP contribution in [0, 0.1) is 5.92 Å². The number of nitrogens with zero attached hydrogens (tertiary/aromatic N) is 1. The number of fused-ring (bicyclic) bond motifs is 1. The fraction of sp³-hybridized carbons (Fsp3) is 1.00. The second kappa shape index (κ2) is 3.75. The average Bonchev–Trinajstić information content (AvgIpc) is 2.42. The molecule has 0 radical (unpaired) electrons. The minimum absolute atomic E-state index is 0.518. The second-order valence-corrected chi connectivity index (χ2v) is 6.21. The predicted octanol–water partition coefficient (Wildman–Crippen LogP) is 2.41. The molecule has 4 atom stereocenters. The summed E-state index contributed by atoms with van der Waals surface area (Å²) >= 11 is 4.65. The quantitative estimate of drug-likeness (QED) is 0.515. The molecule has 2 fully saturated rings. The standard InChI is InChI=1S/C11H22BNS/c1-11(12-2)5-4-9-8(7-11)6-10(14)13(9)3/h8-10,12,14H,4-7H2,1-3H3. The molecular weight excluding hydrogens is 189 g/mol. The largest absolute Gasteiger partial charge is 0.291 e. The van der Waals surface area contributed by atoms with Crippen LogP contribution in [0.15, 0.2) is 0 Å². The molecule has 0 spiro atoms. The maximum Gasteiger partial charge on any atom is 0.124 e. The van der Waals surface area contributed by atoms with E-state index in [-0.39, 0.29) is 0 Å². The molecule has 80 valence electrons. The fourth-order valence-electron chi connectivity index (χ4n) is 3.36. The number of hydrogen-bond acceptors (Lipinski definition) is 2. The van der Waals surface area contributed by atoms with Crippen molar-refractivity contribution < 1.29 is 0 Å². The van der Waals surface area contributed by atoms with Gasteiger partial charge in [-0.15, -0.1) is 0 Å². The van der Waals surface area contributed by atoms with E-state index in [0.29, 0.717) is 10.7 Å². The molecule has 0 aromatic rings. The number of likely N-dealkylation sites (tertiary alicyclic amines) is 1. The van der Waals surface area contributed by atoms with E-state index in [2.05, 4.69) is 38.3 Å². The van der Waals surface area contributed by atoms with Crippen LogP contribution in [-0.2, 0) is 0 Å². The first kappa shape index (κ1) is 10.9. The third kappa shape index (κ3) is 1.74. The Hall–Kier alpha value is 0.375. The van der Waals surface area contributed by atoms with Crippen LogP contribution in [0.25, 0.3) is 0 Å². The summed E-state index contributed by atoms with van der Waals surface area (Å²) in [5.41, 5.74) is 0. The van der Waals surface area contributed by atoms with E-state index in [1.54, 1.807) is 0 Å². The molecule has 1 nitrogen and oxygen atoms in total. The van der Waals surface area contributed by atoms with Gasteiger partial charge in [0.2, 0.25) is 0 Å². The lowest BCUT2D eigenvalue weighted by Gasteiger charge is -2.40. The maximum atomic E-state index is 4.65. The van der Waals surface area contributed by atoms with Gasteiger partial charge in [0, 0.05) is 6.04 Å². The summed E-state index contributed by atoms with van der Waals surface area (Å²) in [6.45, 7) is 4.81. The number of hydrogen-bond donors (Lipinski definition) is 1. The molecule has 3 heteroatoms. The zero-order valence-corrected chi connectivity index (χ0v) is 10.6. The predicted molar refractivity (Wildman–Crippen MR) is 67.7 cm³/mol. The zero-order valence-electron chi connectivity index (χ0n) is 9.66. The van der Waals surface area contributed by atoms with Gasteiger partial charge < -0.3 is 0 Å². The molecule has 1 heterocycles. The summed E-state index contributed by atoms with van der Waals surface area (Å²) in [6.07, 6.45) is 5.54. The second-order valence-electron chi connectivity index (χ2n) is 5.62. The molecule has 14 heavy (non-hydrogen) atoms. The fourth-order valence-corrected chi connectivity index (χ4v) is 3.80. The third-order valence-corrected chi connectivity index (χ3v) is 5.28. The van der Waals surface area contributed by atoms with Gasteiger partial charge in [0.05, 0.1) is 5.37 Å². The highest BCUT2D eigenvalue weighted by molar-refractivity contribution is 7.80. The zero-order chi connectivity index (χ0) is 10.3. The van der Waals surface area contributed by atoms with Crippen LogP contribution < -0.4 is 0 Å². The Labute approximate surface area is 94.3 Å². The van der Waals surface area contributed by atoms with Gasteiger partial charge in [0.15, 0.2) is 0 Å². The first-order valence-electron chi connectivity index (χ1n) is 5.96. The Morgan fingerprint density at radius 2 is 2.21 bits per heavy atom. The maximum absolute atomic E-state index is 4.65. The smallest absolute Gasteiger partial charge is 0.124 e. The van der Waals surface area contributed by atoms with E-state index in [0.717, 1.165) is 12.0 Å². The first-order chi connectivity index (χ1) is 6.56. The molecule has 1 aliphatic carbocycles. The van der Waals surface area contributed by atoms with Crippen molar-refractivity contribution in [2.45, 2.75) is 56.2 Å². The number of thiol groups is 1. The molecule has 1 saturated carbocycles. The van der Waals surface area contributed by atoms with Crippen molar-refractivity contribution in [2.75, 3.05) is 7.05 Å². The lowest BCUT2D eigenvalue weighted by Crippen LogP contribution is -2.38. The van der Waals surface area contributed by atoms with Gasteiger partial charge in [0.25, 0.3) is 0 Å². The molecule has 4 unspecified atom stereocenters. The summed E-state index contributed by atoms with van der Waals surface area (Å²) in [4.78, 5) is 2.49. The van der Waals surface area contributed by atoms with Crippen LogP contribution >= 0.6 is 12.6 Å². The van der Waals surface area contributed by atoms with Gasteiger partial charge in [0.1, 0.15) is 7.28 Å². The van der Waals surface area contributed by atoms with Gasteiger partial charge in [-0.3, -0.25) is 4.90 Å². The molecule has 2 aliphatic rings. The van der Waals surface area contributed by atoms with Crippen LogP contribution in [0.1, 0.15) is 32.6 Å². The Bertz CT molecular complexity index is 223. The van der Waals surface area contributed by atoms with Crippen LogP contribution in [0.3, 0.4) is 0 Å². The van der Waals surface area contributed by atoms with Gasteiger partial charge in [-0.2, -0.15) is 12.6 Å². The van der Waals surface area contributed by atoms with E-state index in [9.17, 15) is 0 Å². The van der Waals surface area contributed by atoms with Crippen LogP contribution in [0.2, 0.25) is 12.1 Å². The summed E-state index contributed by atoms with van der Waals surface area (Å²) in [6, 6.07) is 0.831. The number of rotatable bonds is 1. The molecule has 2 rings (SSSR count). The minimum atomic E-state index is 0.518. The Balaban J connectivity index is 2.06. The van der Waals surface area contributed by atoms with Crippen molar-refractivity contribution in [3.63, 3.8) is 0 Å². The third-order valence-electron chi connectivity index (χ3n) is 4.70. The van der Waals surface area contributed by atoms with E-state index in [1.165, 1.54) is 33.0 Å². The van der Waals surface area contributed by atoms with Crippen molar-refractivity contribution in [3.05, 3.63) is 0 Å². The van der Waals surface area contributed by atoms with Crippen LogP contribution in [0.5, 0.6) is 0 Å². The monoisotopic (exact) mass is 211 g/mol. The Kier molecular flexibility index (Phi) is 2.91. The molecule has 0 bridgehead atoms. The van der Waals surface area contributed by atoms with Crippen molar-refractivity contribution in [1.82, 2.24) is 4.90 Å². The highest BCUT2D eigenvalue weighted by Gasteiger charge is 2.44. The molecular formula is C11H22BNS. The Morgan fingerprint density at radius 3 is 2.86 bits per heavy atom. The van der Waals surface area contributed by atoms with Crippen LogP contribution in [0.4, 0.5) is 0 Å². The minimum Gasteiger partial charge on any atom is -0.291 e. The van der Waals surface area contributed by atoms with Crippen molar-refractivity contribution in [2.24, 2.45) is 5.92 Å². The highest BCUT2D eigenvalue weighted by atomic mass is 32.1. The van der Waals surface area contributed by atoms with E-state index < -0.39 is 0 Å². The van der Waals surface area contributed by atoms with E-state index in [1.807, 2.05) is 0 Å². The lowest BCUT2D eigenvalue weighted by molar-refractivity contribution is 0.184. The first-order valence-corrected chi connectivity index (χ1v) is 6.47. The molecule has 0 aromatic carbocycles. The van der Waals surface area contributed by atoms with E-state index in [4.69, 9.17) is 0 Å². The SMILES string of the molecule is CBC1(C)CCC2C(CC(S)N2C)C1. The molecule has 0 amide bonds. The van der Waals surface area contributed by atoms with Gasteiger partial charge >= 0.3 is 0 Å². The average molecular weight is 211 g/mol. The van der Waals surface area contributed by atoms with Gasteiger partial charge in [-0.25, -0.2) is 0 Å². The summed E-state index contributed by atoms with van der Waals surface area (Å²) in [7, 11) is 3.59. The molecule has 0 N–H and O–H groups in total.